The summed E-state index contributed by atoms with van der Waals surface area (Å²) in [7, 11) is 0. The smallest absolute Gasteiger partial charge is 0.128 e. The van der Waals surface area contributed by atoms with Crippen LogP contribution in [0, 0.1) is 11.3 Å². The molecule has 5 rings (SSSR count). The molecule has 4 aromatic heterocycles. The molecule has 1 atom stereocenters. The van der Waals surface area contributed by atoms with E-state index in [1.165, 1.54) is 11.8 Å². The summed E-state index contributed by atoms with van der Waals surface area (Å²) in [5, 5.41) is 14.7. The van der Waals surface area contributed by atoms with E-state index >= 15 is 0 Å². The number of nitriles is 1. The maximum atomic E-state index is 9.50. The summed E-state index contributed by atoms with van der Waals surface area (Å²) < 4.78 is 1.76. The molecule has 4 aromatic rings. The second-order valence-corrected chi connectivity index (χ2v) is 8.29. The summed E-state index contributed by atoms with van der Waals surface area (Å²) in [6.07, 6.45) is 8.16. The van der Waals surface area contributed by atoms with Gasteiger partial charge in [0.1, 0.15) is 16.9 Å². The fourth-order valence-electron chi connectivity index (χ4n) is 3.66. The number of pyridine rings is 3. The van der Waals surface area contributed by atoms with Gasteiger partial charge in [-0.1, -0.05) is 17.8 Å². The van der Waals surface area contributed by atoms with Crippen molar-refractivity contribution in [3.63, 3.8) is 0 Å². The van der Waals surface area contributed by atoms with Crippen molar-refractivity contribution in [3.05, 3.63) is 66.7 Å². The van der Waals surface area contributed by atoms with Crippen LogP contribution in [0.4, 0.5) is 5.82 Å². The highest BCUT2D eigenvalue weighted by atomic mass is 32.2. The van der Waals surface area contributed by atoms with Gasteiger partial charge in [0.25, 0.3) is 0 Å². The van der Waals surface area contributed by atoms with Crippen molar-refractivity contribution in [1.82, 2.24) is 19.6 Å². The second-order valence-electron chi connectivity index (χ2n) is 7.23. The standard InChI is InChI=1S/C22H19N7S/c23-10-17-12-27-29-13-16(9-19(22(17)29)30-21-3-1-2-7-25-21)15-4-5-20(26-11-15)28-8-6-18(24)14-28/h1-5,7,9,11-13,18H,6,8,14,24H2. The number of rotatable bonds is 4. The maximum Gasteiger partial charge on any atom is 0.128 e. The molecule has 0 amide bonds. The molecule has 7 nitrogen and oxygen atoms in total. The summed E-state index contributed by atoms with van der Waals surface area (Å²) >= 11 is 1.52. The minimum atomic E-state index is 0.217. The minimum Gasteiger partial charge on any atom is -0.355 e. The van der Waals surface area contributed by atoms with Crippen LogP contribution in [0.5, 0.6) is 0 Å². The first-order chi connectivity index (χ1) is 14.7. The van der Waals surface area contributed by atoms with Crippen LogP contribution in [0.3, 0.4) is 0 Å². The molecule has 148 valence electrons. The number of hydrogen-bond acceptors (Lipinski definition) is 7. The monoisotopic (exact) mass is 413 g/mol. The number of fused-ring (bicyclic) bond motifs is 1. The first-order valence-corrected chi connectivity index (χ1v) is 10.5. The zero-order chi connectivity index (χ0) is 20.5. The normalized spacial score (nSPS) is 16.1. The van der Waals surface area contributed by atoms with Crippen molar-refractivity contribution in [3.8, 4) is 17.2 Å². The van der Waals surface area contributed by atoms with E-state index in [2.05, 4.69) is 38.2 Å². The van der Waals surface area contributed by atoms with Gasteiger partial charge in [0, 0.05) is 53.7 Å². The van der Waals surface area contributed by atoms with E-state index in [0.717, 1.165) is 51.9 Å². The van der Waals surface area contributed by atoms with Crippen LogP contribution in [0.1, 0.15) is 12.0 Å². The van der Waals surface area contributed by atoms with Gasteiger partial charge in [0.15, 0.2) is 0 Å². The molecule has 0 radical (unpaired) electrons. The van der Waals surface area contributed by atoms with E-state index in [0.29, 0.717) is 5.56 Å². The fourth-order valence-corrected chi connectivity index (χ4v) is 4.63. The predicted molar refractivity (Wildman–Crippen MR) is 116 cm³/mol. The van der Waals surface area contributed by atoms with Crippen molar-refractivity contribution in [1.29, 1.82) is 5.26 Å². The number of nitrogens with zero attached hydrogens (tertiary/aromatic N) is 6. The molecule has 1 aliphatic rings. The van der Waals surface area contributed by atoms with E-state index in [1.54, 1.807) is 16.9 Å². The van der Waals surface area contributed by atoms with Gasteiger partial charge in [-0.15, -0.1) is 0 Å². The van der Waals surface area contributed by atoms with E-state index in [9.17, 15) is 5.26 Å². The van der Waals surface area contributed by atoms with Crippen LogP contribution in [0.25, 0.3) is 16.6 Å². The maximum absolute atomic E-state index is 9.50. The van der Waals surface area contributed by atoms with Gasteiger partial charge in [-0.2, -0.15) is 10.4 Å². The quantitative estimate of drug-likeness (QED) is 0.548. The van der Waals surface area contributed by atoms with Gasteiger partial charge in [-0.05, 0) is 36.8 Å². The number of anilines is 1. The van der Waals surface area contributed by atoms with Crippen molar-refractivity contribution in [2.24, 2.45) is 5.73 Å². The molecule has 1 saturated heterocycles. The molecule has 5 heterocycles. The van der Waals surface area contributed by atoms with Crippen LogP contribution in [0.2, 0.25) is 0 Å². The van der Waals surface area contributed by atoms with Crippen LogP contribution in [-0.4, -0.2) is 38.7 Å². The lowest BCUT2D eigenvalue weighted by molar-refractivity contribution is 0.751. The Morgan fingerprint density at radius 1 is 1.13 bits per heavy atom. The van der Waals surface area contributed by atoms with Crippen LogP contribution in [-0.2, 0) is 0 Å². The zero-order valence-electron chi connectivity index (χ0n) is 16.1. The van der Waals surface area contributed by atoms with E-state index < -0.39 is 0 Å². The number of aromatic nitrogens is 4. The van der Waals surface area contributed by atoms with Gasteiger partial charge < -0.3 is 10.6 Å². The lowest BCUT2D eigenvalue weighted by Gasteiger charge is -2.17. The highest BCUT2D eigenvalue weighted by Gasteiger charge is 2.20. The SMILES string of the molecule is N#Cc1cnn2cc(-c3ccc(N4CCC(N)C4)nc3)cc(Sc3ccccn3)c12. The Hall–Kier alpha value is -3.41. The largest absolute Gasteiger partial charge is 0.355 e. The average molecular weight is 414 g/mol. The van der Waals surface area contributed by atoms with E-state index in [-0.39, 0.29) is 6.04 Å². The van der Waals surface area contributed by atoms with Gasteiger partial charge in [0.2, 0.25) is 0 Å². The van der Waals surface area contributed by atoms with E-state index in [4.69, 9.17) is 5.73 Å². The molecule has 2 N–H and O–H groups in total. The third kappa shape index (κ3) is 3.49. The molecule has 0 spiro atoms. The lowest BCUT2D eigenvalue weighted by Crippen LogP contribution is -2.26. The molecule has 1 unspecified atom stereocenters. The van der Waals surface area contributed by atoms with Crippen LogP contribution >= 0.6 is 11.8 Å². The Labute approximate surface area is 178 Å². The Morgan fingerprint density at radius 3 is 2.77 bits per heavy atom. The van der Waals surface area contributed by atoms with Crippen molar-refractivity contribution in [2.45, 2.75) is 22.4 Å². The molecular formula is C22H19N7S. The fraction of sp³-hybridized carbons (Fsp3) is 0.182. The van der Waals surface area contributed by atoms with Crippen molar-refractivity contribution >= 4 is 23.1 Å². The average Bonchev–Trinajstić information content (AvgIpc) is 3.40. The molecule has 8 heteroatoms. The first-order valence-electron chi connectivity index (χ1n) is 9.68. The van der Waals surface area contributed by atoms with E-state index in [1.807, 2.05) is 36.7 Å². The lowest BCUT2D eigenvalue weighted by atomic mass is 10.1. The highest BCUT2D eigenvalue weighted by molar-refractivity contribution is 7.99. The Bertz CT molecular complexity index is 1230. The molecule has 0 aromatic carbocycles. The van der Waals surface area contributed by atoms with Crippen molar-refractivity contribution in [2.75, 3.05) is 18.0 Å². The van der Waals surface area contributed by atoms with Gasteiger partial charge in [-0.25, -0.2) is 14.5 Å². The molecule has 0 bridgehead atoms. The molecular weight excluding hydrogens is 394 g/mol. The van der Waals surface area contributed by atoms with Gasteiger partial charge in [0.05, 0.1) is 17.3 Å². The number of nitrogens with two attached hydrogens (primary N) is 1. The summed E-state index contributed by atoms with van der Waals surface area (Å²) in [5.41, 5.74) is 9.31. The van der Waals surface area contributed by atoms with Crippen molar-refractivity contribution < 1.29 is 0 Å². The second kappa shape index (κ2) is 7.78. The Kier molecular flexibility index (Phi) is 4.83. The number of hydrogen-bond donors (Lipinski definition) is 1. The molecule has 1 fully saturated rings. The van der Waals surface area contributed by atoms with Gasteiger partial charge >= 0.3 is 0 Å². The summed E-state index contributed by atoms with van der Waals surface area (Å²) in [6.45, 7) is 1.78. The third-order valence-corrected chi connectivity index (χ3v) is 6.16. The molecule has 1 aliphatic heterocycles. The molecule has 30 heavy (non-hydrogen) atoms. The van der Waals surface area contributed by atoms with Crippen LogP contribution in [0.15, 0.2) is 71.1 Å². The van der Waals surface area contributed by atoms with Gasteiger partial charge in [-0.3, -0.25) is 0 Å². The summed E-state index contributed by atoms with van der Waals surface area (Å²) in [5.74, 6) is 0.946. The first kappa shape index (κ1) is 18.6. The topological polar surface area (TPSA) is 96.1 Å². The Balaban J connectivity index is 1.54. The highest BCUT2D eigenvalue weighted by Crippen LogP contribution is 2.35. The molecule has 0 saturated carbocycles. The minimum absolute atomic E-state index is 0.217. The summed E-state index contributed by atoms with van der Waals surface area (Å²) in [6, 6.07) is 14.4. The zero-order valence-corrected chi connectivity index (χ0v) is 17.0. The van der Waals surface area contributed by atoms with Crippen LogP contribution < -0.4 is 10.6 Å². The Morgan fingerprint density at radius 2 is 2.07 bits per heavy atom. The third-order valence-electron chi connectivity index (χ3n) is 5.18. The predicted octanol–water partition coefficient (Wildman–Crippen LogP) is 3.35. The molecule has 0 aliphatic carbocycles. The summed E-state index contributed by atoms with van der Waals surface area (Å²) in [4.78, 5) is 12.2.